The third kappa shape index (κ3) is 1.98. The highest BCUT2D eigenvalue weighted by atomic mass is 32.2. The van der Waals surface area contributed by atoms with Crippen LogP contribution in [0.1, 0.15) is 19.3 Å². The van der Waals surface area contributed by atoms with Gasteiger partial charge in [0.1, 0.15) is 0 Å². The smallest absolute Gasteiger partial charge is 0.198 e. The average Bonchev–Trinajstić information content (AvgIpc) is 2.83. The SMILES string of the molecule is O=C(Sc1cccs1)[C@@H]1C[C@@H]2C=C[C@H]1CC2. The Labute approximate surface area is 104 Å². The van der Waals surface area contributed by atoms with Gasteiger partial charge in [-0.2, -0.15) is 0 Å². The minimum Gasteiger partial charge on any atom is -0.286 e. The van der Waals surface area contributed by atoms with E-state index >= 15 is 0 Å². The Kier molecular flexibility index (Phi) is 2.90. The normalized spacial score (nSPS) is 31.9. The van der Waals surface area contributed by atoms with E-state index in [2.05, 4.69) is 12.2 Å². The van der Waals surface area contributed by atoms with Crippen molar-refractivity contribution in [3.8, 4) is 0 Å². The highest BCUT2D eigenvalue weighted by Gasteiger charge is 2.36. The fraction of sp³-hybridized carbons (Fsp3) is 0.462. The van der Waals surface area contributed by atoms with Gasteiger partial charge in [0.15, 0.2) is 5.12 Å². The van der Waals surface area contributed by atoms with Gasteiger partial charge in [-0.3, -0.25) is 4.79 Å². The van der Waals surface area contributed by atoms with Crippen LogP contribution in [0.2, 0.25) is 0 Å². The highest BCUT2D eigenvalue weighted by molar-refractivity contribution is 8.15. The number of fused-ring (bicyclic) bond motifs is 2. The van der Waals surface area contributed by atoms with E-state index in [0.29, 0.717) is 17.0 Å². The van der Waals surface area contributed by atoms with Gasteiger partial charge in [-0.1, -0.05) is 18.2 Å². The molecule has 0 aliphatic heterocycles. The van der Waals surface area contributed by atoms with E-state index in [1.54, 1.807) is 11.3 Å². The van der Waals surface area contributed by atoms with E-state index in [4.69, 9.17) is 0 Å². The third-order valence-corrected chi connectivity index (χ3v) is 5.62. The molecule has 2 bridgehead atoms. The molecule has 84 valence electrons. The molecule has 3 aliphatic carbocycles. The first-order valence-electron chi connectivity index (χ1n) is 5.76. The van der Waals surface area contributed by atoms with Gasteiger partial charge in [-0.05, 0) is 54.3 Å². The summed E-state index contributed by atoms with van der Waals surface area (Å²) in [5, 5.41) is 2.41. The molecule has 4 rings (SSSR count). The van der Waals surface area contributed by atoms with E-state index in [9.17, 15) is 4.79 Å². The van der Waals surface area contributed by atoms with Crippen LogP contribution in [0.4, 0.5) is 0 Å². The fourth-order valence-electron chi connectivity index (χ4n) is 2.70. The summed E-state index contributed by atoms with van der Waals surface area (Å²) in [6, 6.07) is 4.04. The molecule has 0 aromatic carbocycles. The summed E-state index contributed by atoms with van der Waals surface area (Å²) in [5.41, 5.74) is 0. The van der Waals surface area contributed by atoms with E-state index in [-0.39, 0.29) is 5.92 Å². The van der Waals surface area contributed by atoms with Crippen molar-refractivity contribution in [2.24, 2.45) is 17.8 Å². The van der Waals surface area contributed by atoms with Gasteiger partial charge in [0.25, 0.3) is 0 Å². The second kappa shape index (κ2) is 4.38. The maximum Gasteiger partial charge on any atom is 0.198 e. The molecule has 1 aromatic heterocycles. The van der Waals surface area contributed by atoms with Gasteiger partial charge >= 0.3 is 0 Å². The van der Waals surface area contributed by atoms with Crippen molar-refractivity contribution in [3.63, 3.8) is 0 Å². The monoisotopic (exact) mass is 250 g/mol. The van der Waals surface area contributed by atoms with Crippen LogP contribution in [-0.4, -0.2) is 5.12 Å². The van der Waals surface area contributed by atoms with E-state index in [0.717, 1.165) is 10.6 Å². The summed E-state index contributed by atoms with van der Waals surface area (Å²) in [6.45, 7) is 0. The highest BCUT2D eigenvalue weighted by Crippen LogP contribution is 2.43. The molecule has 0 spiro atoms. The molecule has 0 unspecified atom stereocenters. The van der Waals surface area contributed by atoms with Gasteiger partial charge < -0.3 is 0 Å². The molecule has 0 N–H and O–H groups in total. The first-order chi connectivity index (χ1) is 7.83. The van der Waals surface area contributed by atoms with Crippen molar-refractivity contribution in [2.45, 2.75) is 23.5 Å². The molecule has 1 nitrogen and oxygen atoms in total. The Balaban J connectivity index is 1.70. The van der Waals surface area contributed by atoms with E-state index in [1.165, 1.54) is 24.6 Å². The number of thiophene rings is 1. The summed E-state index contributed by atoms with van der Waals surface area (Å²) < 4.78 is 1.13. The maximum absolute atomic E-state index is 12.2. The molecule has 0 radical (unpaired) electrons. The quantitative estimate of drug-likeness (QED) is 0.583. The summed E-state index contributed by atoms with van der Waals surface area (Å²) >= 11 is 3.10. The number of allylic oxidation sites excluding steroid dienone is 2. The maximum atomic E-state index is 12.2. The van der Waals surface area contributed by atoms with Crippen LogP contribution >= 0.6 is 23.1 Å². The molecule has 3 aliphatic rings. The first-order valence-corrected chi connectivity index (χ1v) is 7.46. The van der Waals surface area contributed by atoms with Crippen molar-refractivity contribution < 1.29 is 4.79 Å². The molecule has 3 heteroatoms. The van der Waals surface area contributed by atoms with Crippen molar-refractivity contribution >= 4 is 28.2 Å². The van der Waals surface area contributed by atoms with Crippen LogP contribution < -0.4 is 0 Å². The topological polar surface area (TPSA) is 17.1 Å². The van der Waals surface area contributed by atoms with Gasteiger partial charge in [-0.15, -0.1) is 11.3 Å². The standard InChI is InChI=1S/C13H14OS2/c14-13(16-12-2-1-7-15-12)11-8-9-3-5-10(11)6-4-9/h1-3,5,7,9-11H,4,6,8H2/t9-,10+,11-/m1/s1. The minimum absolute atomic E-state index is 0.274. The van der Waals surface area contributed by atoms with Crippen LogP contribution in [-0.2, 0) is 4.79 Å². The first kappa shape index (κ1) is 10.6. The minimum atomic E-state index is 0.274. The number of rotatable bonds is 2. The number of carbonyl (C=O) groups is 1. The zero-order valence-corrected chi connectivity index (χ0v) is 10.6. The van der Waals surface area contributed by atoms with E-state index in [1.807, 2.05) is 17.5 Å². The molecule has 1 aromatic rings. The van der Waals surface area contributed by atoms with Crippen LogP contribution in [0.3, 0.4) is 0 Å². The zero-order chi connectivity index (χ0) is 11.0. The van der Waals surface area contributed by atoms with Crippen LogP contribution in [0.25, 0.3) is 0 Å². The Bertz CT molecular complexity index is 408. The average molecular weight is 250 g/mol. The van der Waals surface area contributed by atoms with Crippen molar-refractivity contribution in [1.29, 1.82) is 0 Å². The number of hydrogen-bond acceptors (Lipinski definition) is 3. The molecule has 1 heterocycles. The fourth-order valence-corrected chi connectivity index (χ4v) is 4.52. The molecule has 16 heavy (non-hydrogen) atoms. The second-order valence-electron chi connectivity index (χ2n) is 4.58. The second-order valence-corrected chi connectivity index (χ2v) is 6.83. The zero-order valence-electron chi connectivity index (χ0n) is 8.96. The van der Waals surface area contributed by atoms with Crippen LogP contribution in [0.15, 0.2) is 33.9 Å². The predicted molar refractivity (Wildman–Crippen MR) is 68.6 cm³/mol. The van der Waals surface area contributed by atoms with Crippen molar-refractivity contribution in [1.82, 2.24) is 0 Å². The number of thioether (sulfide) groups is 1. The van der Waals surface area contributed by atoms with Crippen molar-refractivity contribution in [2.75, 3.05) is 0 Å². The molecular weight excluding hydrogens is 236 g/mol. The Morgan fingerprint density at radius 3 is 2.88 bits per heavy atom. The van der Waals surface area contributed by atoms with Crippen LogP contribution in [0.5, 0.6) is 0 Å². The molecular formula is C13H14OS2. The number of carbonyl (C=O) groups excluding carboxylic acids is 1. The third-order valence-electron chi connectivity index (χ3n) is 3.57. The molecule has 0 amide bonds. The molecule has 1 fully saturated rings. The van der Waals surface area contributed by atoms with Crippen molar-refractivity contribution in [3.05, 3.63) is 29.7 Å². The molecule has 1 saturated carbocycles. The lowest BCUT2D eigenvalue weighted by atomic mass is 9.70. The van der Waals surface area contributed by atoms with Gasteiger partial charge in [0.05, 0.1) is 4.21 Å². The summed E-state index contributed by atoms with van der Waals surface area (Å²) in [4.78, 5) is 12.2. The lowest BCUT2D eigenvalue weighted by molar-refractivity contribution is -0.116. The lowest BCUT2D eigenvalue weighted by Gasteiger charge is -2.36. The Hall–Kier alpha value is -0.540. The number of hydrogen-bond donors (Lipinski definition) is 0. The summed E-state index contributed by atoms with van der Waals surface area (Å²) in [7, 11) is 0. The Morgan fingerprint density at radius 2 is 2.31 bits per heavy atom. The molecule has 3 atom stereocenters. The largest absolute Gasteiger partial charge is 0.286 e. The summed E-state index contributed by atoms with van der Waals surface area (Å²) in [6.07, 6.45) is 8.17. The Morgan fingerprint density at radius 1 is 1.38 bits per heavy atom. The van der Waals surface area contributed by atoms with Crippen LogP contribution in [0, 0.1) is 17.8 Å². The summed E-state index contributed by atoms with van der Waals surface area (Å²) in [5.74, 6) is 1.46. The molecule has 0 saturated heterocycles. The van der Waals surface area contributed by atoms with Gasteiger partial charge in [0, 0.05) is 5.92 Å². The van der Waals surface area contributed by atoms with E-state index < -0.39 is 0 Å². The lowest BCUT2D eigenvalue weighted by Crippen LogP contribution is -2.31. The van der Waals surface area contributed by atoms with Gasteiger partial charge in [-0.25, -0.2) is 0 Å². The van der Waals surface area contributed by atoms with Gasteiger partial charge in [0.2, 0.25) is 0 Å². The predicted octanol–water partition coefficient (Wildman–Crippen LogP) is 3.97.